The Morgan fingerprint density at radius 2 is 0.931 bits per heavy atom. The van der Waals surface area contributed by atoms with E-state index in [9.17, 15) is 61.5 Å². The minimum Gasteiger partial charge on any atom is -0.385 e. The van der Waals surface area contributed by atoms with Crippen molar-refractivity contribution in [3.8, 4) is 22.4 Å². The Kier molecular flexibility index (Phi) is 11.5. The fraction of sp³-hybridized carbons (Fsp3) is 0.158. The van der Waals surface area contributed by atoms with Crippen LogP contribution in [-0.2, 0) is 9.31 Å². The molecule has 1 aromatic heterocycles. The highest BCUT2D eigenvalue weighted by atomic mass is 19.4. The van der Waals surface area contributed by atoms with Gasteiger partial charge < -0.3 is 13.8 Å². The van der Waals surface area contributed by atoms with E-state index < -0.39 is 79.4 Å². The van der Waals surface area contributed by atoms with Gasteiger partial charge in [-0.2, -0.15) is 43.9 Å². The predicted molar refractivity (Wildman–Crippen MR) is 185 cm³/mol. The molecule has 0 N–H and O–H groups in total. The zero-order chi connectivity index (χ0) is 42.2. The summed E-state index contributed by atoms with van der Waals surface area (Å²) in [5.74, 6) is -15.4. The first-order chi connectivity index (χ1) is 27.1. The number of benzene rings is 4. The molecule has 302 valence electrons. The van der Waals surface area contributed by atoms with Gasteiger partial charge in [0, 0.05) is 22.4 Å². The maximum absolute atomic E-state index is 14.3. The lowest BCUT2D eigenvalue weighted by atomic mass is 10.0. The van der Waals surface area contributed by atoms with Crippen molar-refractivity contribution in [2.24, 2.45) is 9.98 Å². The highest BCUT2D eigenvalue weighted by molar-refractivity contribution is 6.45. The molecule has 6 rings (SSSR count). The minimum atomic E-state index is -6.31. The number of hydrogen-bond donors (Lipinski definition) is 0. The van der Waals surface area contributed by atoms with Crippen molar-refractivity contribution >= 4 is 30.2 Å². The zero-order valence-electron chi connectivity index (χ0n) is 28.8. The Balaban J connectivity index is 1.66. The summed E-state index contributed by atoms with van der Waals surface area (Å²) < 4.78 is 203. The van der Waals surface area contributed by atoms with Gasteiger partial charge in [-0.15, -0.1) is 0 Å². The van der Waals surface area contributed by atoms with Crippen molar-refractivity contribution in [1.82, 2.24) is 4.48 Å². The van der Waals surface area contributed by atoms with Gasteiger partial charge in [-0.1, -0.05) is 36.4 Å². The van der Waals surface area contributed by atoms with E-state index in [2.05, 4.69) is 9.98 Å². The third-order valence-electron chi connectivity index (χ3n) is 8.41. The summed E-state index contributed by atoms with van der Waals surface area (Å²) >= 11 is 0. The summed E-state index contributed by atoms with van der Waals surface area (Å²) in [6.45, 7) is -5.37. The molecule has 0 unspecified atom stereocenters. The molecule has 1 aliphatic rings. The van der Waals surface area contributed by atoms with E-state index in [0.717, 1.165) is 78.9 Å². The van der Waals surface area contributed by atoms with Crippen LogP contribution in [0.25, 0.3) is 28.0 Å². The summed E-state index contributed by atoms with van der Waals surface area (Å²) in [7, 11) is -3.02. The summed E-state index contributed by atoms with van der Waals surface area (Å²) in [5, 5.41) is 0. The van der Waals surface area contributed by atoms with Crippen molar-refractivity contribution < 1.29 is 70.8 Å². The average molecular weight is 829 g/mol. The van der Waals surface area contributed by atoms with Gasteiger partial charge in [-0.3, -0.25) is 0 Å². The lowest BCUT2D eigenvalue weighted by molar-refractivity contribution is -0.295. The van der Waals surface area contributed by atoms with Crippen molar-refractivity contribution in [2.45, 2.75) is 24.2 Å². The van der Waals surface area contributed by atoms with Crippen LogP contribution in [0.15, 0.2) is 119 Å². The molecule has 58 heavy (non-hydrogen) atoms. The minimum absolute atomic E-state index is 0.00380. The number of hydrogen-bond acceptors (Lipinski definition) is 3. The smallest absolute Gasteiger partial charge is 0.385 e. The molecule has 0 aliphatic carbocycles. The molecule has 5 aromatic rings. The molecular formula is C38H22BF14N3O2. The molecule has 0 atom stereocenters. The van der Waals surface area contributed by atoms with Gasteiger partial charge in [0.15, 0.2) is 5.84 Å². The maximum atomic E-state index is 14.3. The Bertz CT molecular complexity index is 2320. The normalized spacial score (nSPS) is 14.6. The number of halogens is 14. The number of nitrogens with zero attached hydrogens (tertiary/aromatic N) is 3. The highest BCUT2D eigenvalue weighted by Crippen LogP contribution is 2.43. The summed E-state index contributed by atoms with van der Waals surface area (Å²) in [5.41, 5.74) is -0.185. The quantitative estimate of drug-likeness (QED) is 0.0929. The van der Waals surface area contributed by atoms with Gasteiger partial charge in [-0.25, -0.2) is 27.5 Å². The first kappa shape index (κ1) is 41.9. The van der Waals surface area contributed by atoms with Gasteiger partial charge in [-0.05, 0) is 89.5 Å². The van der Waals surface area contributed by atoms with Crippen LogP contribution >= 0.6 is 0 Å². The van der Waals surface area contributed by atoms with E-state index in [4.69, 9.17) is 9.31 Å². The molecule has 5 nitrogen and oxygen atoms in total. The zero-order valence-corrected chi connectivity index (χ0v) is 28.8. The van der Waals surface area contributed by atoms with E-state index in [1.165, 1.54) is 30.3 Å². The Morgan fingerprint density at radius 3 is 1.36 bits per heavy atom. The van der Waals surface area contributed by atoms with E-state index in [1.54, 1.807) is 0 Å². The molecular weight excluding hydrogens is 807 g/mol. The lowest BCUT2D eigenvalue weighted by Crippen LogP contribution is -2.47. The second-order valence-electron chi connectivity index (χ2n) is 12.5. The van der Waals surface area contributed by atoms with Crippen molar-refractivity contribution in [2.75, 3.05) is 13.2 Å². The van der Waals surface area contributed by atoms with Gasteiger partial charge in [0.2, 0.25) is 0 Å². The molecule has 0 bridgehead atoms. The van der Waals surface area contributed by atoms with Crippen molar-refractivity contribution in [3.05, 3.63) is 144 Å². The van der Waals surface area contributed by atoms with E-state index >= 15 is 0 Å². The first-order valence-corrected chi connectivity index (χ1v) is 16.4. The molecule has 0 fully saturated rings. The first-order valence-electron chi connectivity index (χ1n) is 16.4. The monoisotopic (exact) mass is 829 g/mol. The molecule has 20 heteroatoms. The molecule has 2 heterocycles. The van der Waals surface area contributed by atoms with E-state index in [1.807, 2.05) is 0 Å². The number of amidine groups is 1. The van der Waals surface area contributed by atoms with Gasteiger partial charge in [0.05, 0.1) is 5.71 Å². The molecule has 4 aromatic carbocycles. The van der Waals surface area contributed by atoms with Crippen LogP contribution in [0.3, 0.4) is 0 Å². The maximum Gasteiger partial charge on any atom is 0.599 e. The average Bonchev–Trinajstić information content (AvgIpc) is 3.74. The molecule has 0 spiro atoms. The Morgan fingerprint density at radius 1 is 0.534 bits per heavy atom. The fourth-order valence-electron chi connectivity index (χ4n) is 5.44. The number of alkyl halides is 10. The third-order valence-corrected chi connectivity index (χ3v) is 8.41. The second kappa shape index (κ2) is 15.9. The highest BCUT2D eigenvalue weighted by Gasteiger charge is 2.60. The molecule has 0 saturated heterocycles. The molecule has 0 saturated carbocycles. The summed E-state index contributed by atoms with van der Waals surface area (Å²) in [6.07, 6.45) is -11.2. The third kappa shape index (κ3) is 9.02. The largest absolute Gasteiger partial charge is 0.599 e. The van der Waals surface area contributed by atoms with Crippen LogP contribution in [0, 0.1) is 23.3 Å². The fourth-order valence-corrected chi connectivity index (χ4v) is 5.44. The number of aromatic nitrogens is 1. The van der Waals surface area contributed by atoms with E-state index in [-0.39, 0.29) is 44.9 Å². The van der Waals surface area contributed by atoms with Gasteiger partial charge in [0.25, 0.3) is 0 Å². The number of aliphatic imine (C=N–C) groups is 2. The predicted octanol–water partition coefficient (Wildman–Crippen LogP) is 11.3. The Labute approximate surface area is 318 Å². The van der Waals surface area contributed by atoms with Crippen LogP contribution in [0.1, 0.15) is 11.1 Å². The molecule has 0 amide bonds. The number of rotatable bonds is 12. The second-order valence-corrected chi connectivity index (χ2v) is 12.5. The lowest BCUT2D eigenvalue weighted by Gasteiger charge is -2.26. The summed E-state index contributed by atoms with van der Waals surface area (Å²) in [6, 6.07) is 18.4. The van der Waals surface area contributed by atoms with E-state index in [0.29, 0.717) is 4.48 Å². The molecule has 1 aliphatic heterocycles. The van der Waals surface area contributed by atoms with Crippen LogP contribution in [0.4, 0.5) is 67.3 Å². The molecule has 0 radical (unpaired) electrons. The van der Waals surface area contributed by atoms with Crippen LogP contribution < -0.4 is 0 Å². The van der Waals surface area contributed by atoms with Crippen LogP contribution in [0.2, 0.25) is 0 Å². The number of allylic oxidation sites excluding steroid dienone is 1. The van der Waals surface area contributed by atoms with Crippen LogP contribution in [-0.4, -0.2) is 60.7 Å². The van der Waals surface area contributed by atoms with Crippen molar-refractivity contribution in [3.63, 3.8) is 0 Å². The van der Waals surface area contributed by atoms with Crippen molar-refractivity contribution in [1.29, 1.82) is 0 Å². The van der Waals surface area contributed by atoms with Gasteiger partial charge >= 0.3 is 31.5 Å². The standard InChI is InChI=1S/C38H22BF14N3O2/c40-25-9-1-21(2-10-25)29-17-31(23-5-13-27(42)14-6-23)54-33(29)55-34-30(22-3-11-26(41)12-4-22)18-32(24-7-15-28(43)16-8-24)56(34)39(57-19-35(44,45)37(48,49)50)58-20-36(46,47)38(51,52)53/h1-18H,19-20H2/b55-33-. The topological polar surface area (TPSA) is 48.1 Å². The van der Waals surface area contributed by atoms with Crippen LogP contribution in [0.5, 0.6) is 0 Å². The van der Waals surface area contributed by atoms with Gasteiger partial charge in [0.1, 0.15) is 42.3 Å². The summed E-state index contributed by atoms with van der Waals surface area (Å²) in [4.78, 5) is 8.97. The SMILES string of the molecule is Fc1ccc(C2=CC(c3ccc(F)cc3)=N/C2=N\c2c(-c3ccc(F)cc3)cc(-c3ccc(F)cc3)n2B(OCC(F)(F)C(F)(F)F)OCC(F)(F)C(F)(F)F)cc1. The Hall–Kier alpha value is -5.76.